The lowest BCUT2D eigenvalue weighted by molar-refractivity contribution is 0.0117. The third-order valence-corrected chi connectivity index (χ3v) is 4.22. The van der Waals surface area contributed by atoms with Gasteiger partial charge in [0.25, 0.3) is 0 Å². The van der Waals surface area contributed by atoms with Gasteiger partial charge in [0.15, 0.2) is 0 Å². The van der Waals surface area contributed by atoms with E-state index in [1.54, 1.807) is 29.6 Å². The zero-order chi connectivity index (χ0) is 16.4. The number of benzene rings is 1. The molecule has 6 heteroatoms. The number of carbonyl (C=O) groups excluding carboxylic acids is 1. The van der Waals surface area contributed by atoms with Gasteiger partial charge in [0.05, 0.1) is 17.3 Å². The number of urea groups is 1. The van der Waals surface area contributed by atoms with Gasteiger partial charge in [-0.15, -0.1) is 0 Å². The minimum atomic E-state index is -0.891. The zero-order valence-corrected chi connectivity index (χ0v) is 13.4. The SMILES string of the molecule is CC(C)(O)[C@@H]1CCCN1C(=O)Nc1ccc(-n2cccn2)cc1. The fraction of sp³-hybridized carbons (Fsp3) is 0.412. The van der Waals surface area contributed by atoms with Crippen LogP contribution in [0.15, 0.2) is 42.7 Å². The Kier molecular flexibility index (Phi) is 4.09. The molecule has 0 unspecified atom stereocenters. The fourth-order valence-corrected chi connectivity index (χ4v) is 3.06. The maximum Gasteiger partial charge on any atom is 0.322 e. The Labute approximate surface area is 135 Å². The van der Waals surface area contributed by atoms with Crippen LogP contribution < -0.4 is 5.32 Å². The molecule has 1 saturated heterocycles. The Morgan fingerprint density at radius 1 is 1.35 bits per heavy atom. The van der Waals surface area contributed by atoms with Crippen molar-refractivity contribution in [2.24, 2.45) is 0 Å². The number of likely N-dealkylation sites (tertiary alicyclic amines) is 1. The molecule has 3 rings (SSSR count). The van der Waals surface area contributed by atoms with E-state index in [1.807, 2.05) is 36.5 Å². The van der Waals surface area contributed by atoms with Crippen molar-refractivity contribution in [3.8, 4) is 5.69 Å². The highest BCUT2D eigenvalue weighted by molar-refractivity contribution is 5.89. The Morgan fingerprint density at radius 3 is 2.70 bits per heavy atom. The predicted molar refractivity (Wildman–Crippen MR) is 88.6 cm³/mol. The zero-order valence-electron chi connectivity index (χ0n) is 13.4. The van der Waals surface area contributed by atoms with Crippen molar-refractivity contribution in [3.63, 3.8) is 0 Å². The fourth-order valence-electron chi connectivity index (χ4n) is 3.06. The maximum absolute atomic E-state index is 12.5. The van der Waals surface area contributed by atoms with E-state index in [9.17, 15) is 9.90 Å². The highest BCUT2D eigenvalue weighted by atomic mass is 16.3. The molecule has 1 fully saturated rings. The first-order chi connectivity index (χ1) is 10.9. The van der Waals surface area contributed by atoms with Crippen LogP contribution in [0.5, 0.6) is 0 Å². The van der Waals surface area contributed by atoms with E-state index in [2.05, 4.69) is 10.4 Å². The van der Waals surface area contributed by atoms with Crippen molar-refractivity contribution in [1.82, 2.24) is 14.7 Å². The Morgan fingerprint density at radius 2 is 2.09 bits per heavy atom. The van der Waals surface area contributed by atoms with Gasteiger partial charge in [-0.2, -0.15) is 5.10 Å². The first-order valence-corrected chi connectivity index (χ1v) is 7.85. The van der Waals surface area contributed by atoms with Crippen LogP contribution in [0.3, 0.4) is 0 Å². The van der Waals surface area contributed by atoms with Crippen molar-refractivity contribution in [2.75, 3.05) is 11.9 Å². The van der Waals surface area contributed by atoms with Crippen molar-refractivity contribution >= 4 is 11.7 Å². The number of aliphatic hydroxyl groups is 1. The van der Waals surface area contributed by atoms with Gasteiger partial charge in [0.1, 0.15) is 0 Å². The molecule has 0 bridgehead atoms. The van der Waals surface area contributed by atoms with E-state index in [-0.39, 0.29) is 12.1 Å². The molecule has 6 nitrogen and oxygen atoms in total. The van der Waals surface area contributed by atoms with Crippen molar-refractivity contribution in [3.05, 3.63) is 42.7 Å². The second-order valence-electron chi connectivity index (χ2n) is 6.43. The normalized spacial score (nSPS) is 18.2. The number of carbonyl (C=O) groups is 1. The minimum Gasteiger partial charge on any atom is -0.388 e. The van der Waals surface area contributed by atoms with Crippen LogP contribution in [-0.2, 0) is 0 Å². The van der Waals surface area contributed by atoms with E-state index in [4.69, 9.17) is 0 Å². The van der Waals surface area contributed by atoms with E-state index in [0.29, 0.717) is 6.54 Å². The molecule has 1 aromatic heterocycles. The van der Waals surface area contributed by atoms with Gasteiger partial charge in [-0.3, -0.25) is 0 Å². The second-order valence-corrected chi connectivity index (χ2v) is 6.43. The van der Waals surface area contributed by atoms with Gasteiger partial charge in [-0.1, -0.05) is 0 Å². The van der Waals surface area contributed by atoms with Crippen molar-refractivity contribution in [1.29, 1.82) is 0 Å². The summed E-state index contributed by atoms with van der Waals surface area (Å²) in [5.41, 5.74) is 0.772. The topological polar surface area (TPSA) is 70.4 Å². The molecule has 0 spiro atoms. The molecule has 23 heavy (non-hydrogen) atoms. The number of anilines is 1. The third-order valence-electron chi connectivity index (χ3n) is 4.22. The summed E-state index contributed by atoms with van der Waals surface area (Å²) in [6.45, 7) is 4.18. The third kappa shape index (κ3) is 3.37. The summed E-state index contributed by atoms with van der Waals surface area (Å²) < 4.78 is 1.76. The number of nitrogens with one attached hydrogen (secondary N) is 1. The molecule has 122 valence electrons. The van der Waals surface area contributed by atoms with Crippen molar-refractivity contribution in [2.45, 2.75) is 38.3 Å². The first-order valence-electron chi connectivity index (χ1n) is 7.85. The average Bonchev–Trinajstić information content (AvgIpc) is 3.19. The lowest BCUT2D eigenvalue weighted by Gasteiger charge is -2.33. The van der Waals surface area contributed by atoms with E-state index < -0.39 is 5.60 Å². The number of nitrogens with zero attached hydrogens (tertiary/aromatic N) is 3. The molecule has 1 atom stereocenters. The molecule has 2 heterocycles. The monoisotopic (exact) mass is 314 g/mol. The molecule has 2 N–H and O–H groups in total. The highest BCUT2D eigenvalue weighted by Gasteiger charge is 2.38. The van der Waals surface area contributed by atoms with Gasteiger partial charge < -0.3 is 15.3 Å². The predicted octanol–water partition coefficient (Wildman–Crippen LogP) is 2.64. The molecule has 0 saturated carbocycles. The van der Waals surface area contributed by atoms with E-state index in [1.165, 1.54) is 0 Å². The first kappa shape index (κ1) is 15.6. The molecule has 2 aromatic rings. The van der Waals surface area contributed by atoms with Gasteiger partial charge in [-0.25, -0.2) is 9.48 Å². The lowest BCUT2D eigenvalue weighted by atomic mass is 9.97. The molecular formula is C17H22N4O2. The average molecular weight is 314 g/mol. The Bertz CT molecular complexity index is 659. The molecule has 1 aliphatic heterocycles. The second kappa shape index (κ2) is 6.04. The van der Waals surface area contributed by atoms with Crippen LogP contribution in [0.2, 0.25) is 0 Å². The van der Waals surface area contributed by atoms with Gasteiger partial charge in [0.2, 0.25) is 0 Å². The lowest BCUT2D eigenvalue weighted by Crippen LogP contribution is -2.49. The number of rotatable bonds is 3. The van der Waals surface area contributed by atoms with Gasteiger partial charge in [-0.05, 0) is 57.0 Å². The summed E-state index contributed by atoms with van der Waals surface area (Å²) in [7, 11) is 0. The summed E-state index contributed by atoms with van der Waals surface area (Å²) in [6.07, 6.45) is 5.33. The summed E-state index contributed by atoms with van der Waals surface area (Å²) in [5, 5.41) is 17.3. The Hall–Kier alpha value is -2.34. The largest absolute Gasteiger partial charge is 0.388 e. The highest BCUT2D eigenvalue weighted by Crippen LogP contribution is 2.27. The molecule has 1 aromatic carbocycles. The standard InChI is InChI=1S/C17H22N4O2/c1-17(2,23)15-5-3-11-20(15)16(22)19-13-6-8-14(9-7-13)21-12-4-10-18-21/h4,6-10,12,15,23H,3,5,11H2,1-2H3,(H,19,22)/t15-/m0/s1. The summed E-state index contributed by atoms with van der Waals surface area (Å²) in [4.78, 5) is 14.2. The van der Waals surface area contributed by atoms with Crippen molar-refractivity contribution < 1.29 is 9.90 Å². The molecule has 0 radical (unpaired) electrons. The van der Waals surface area contributed by atoms with E-state index in [0.717, 1.165) is 24.2 Å². The molecular weight excluding hydrogens is 292 g/mol. The Balaban J connectivity index is 1.68. The van der Waals surface area contributed by atoms with Crippen LogP contribution in [-0.4, -0.2) is 44.0 Å². The smallest absolute Gasteiger partial charge is 0.322 e. The van der Waals surface area contributed by atoms with Crippen LogP contribution in [0.25, 0.3) is 5.69 Å². The summed E-state index contributed by atoms with van der Waals surface area (Å²) in [6, 6.07) is 9.06. The molecule has 1 aliphatic rings. The van der Waals surface area contributed by atoms with Crippen LogP contribution >= 0.6 is 0 Å². The quantitative estimate of drug-likeness (QED) is 0.915. The van der Waals surface area contributed by atoms with Crippen LogP contribution in [0, 0.1) is 0 Å². The van der Waals surface area contributed by atoms with Gasteiger partial charge >= 0.3 is 6.03 Å². The number of amides is 2. The number of hydrogen-bond donors (Lipinski definition) is 2. The number of hydrogen-bond acceptors (Lipinski definition) is 3. The molecule has 0 aliphatic carbocycles. The maximum atomic E-state index is 12.5. The van der Waals surface area contributed by atoms with Gasteiger partial charge in [0, 0.05) is 24.6 Å². The summed E-state index contributed by atoms with van der Waals surface area (Å²) in [5.74, 6) is 0. The van der Waals surface area contributed by atoms with Crippen LogP contribution in [0.4, 0.5) is 10.5 Å². The van der Waals surface area contributed by atoms with E-state index >= 15 is 0 Å². The molecule has 2 amide bonds. The number of aromatic nitrogens is 2. The van der Waals surface area contributed by atoms with Crippen LogP contribution in [0.1, 0.15) is 26.7 Å². The summed E-state index contributed by atoms with van der Waals surface area (Å²) >= 11 is 0. The minimum absolute atomic E-state index is 0.147.